The van der Waals surface area contributed by atoms with Crippen molar-refractivity contribution in [3.8, 4) is 28.1 Å². The SMILES string of the molecule is O=C(O)c1cc2c(cc1O)-c1[nH]c3cc(-c4cccnc4)ccc3c1CC2. The van der Waals surface area contributed by atoms with Crippen molar-refractivity contribution < 1.29 is 15.0 Å². The number of rotatable bonds is 2. The molecule has 3 N–H and O–H groups in total. The quantitative estimate of drug-likeness (QED) is 0.497. The van der Waals surface area contributed by atoms with Gasteiger partial charge in [-0.3, -0.25) is 4.98 Å². The van der Waals surface area contributed by atoms with E-state index in [-0.39, 0.29) is 11.3 Å². The number of nitrogens with zero attached hydrogens (tertiary/aromatic N) is 1. The smallest absolute Gasteiger partial charge is 0.339 e. The number of hydrogen-bond donors (Lipinski definition) is 3. The van der Waals surface area contributed by atoms with Crippen LogP contribution in [-0.4, -0.2) is 26.2 Å². The fraction of sp³-hybridized carbons (Fsp3) is 0.0909. The molecule has 1 aliphatic rings. The molecule has 2 heterocycles. The third kappa shape index (κ3) is 2.39. The molecule has 0 spiro atoms. The predicted molar refractivity (Wildman–Crippen MR) is 103 cm³/mol. The lowest BCUT2D eigenvalue weighted by atomic mass is 9.87. The number of phenols is 1. The lowest BCUT2D eigenvalue weighted by molar-refractivity contribution is 0.0693. The van der Waals surface area contributed by atoms with Crippen LogP contribution in [0, 0.1) is 0 Å². The van der Waals surface area contributed by atoms with E-state index in [2.05, 4.69) is 28.2 Å². The van der Waals surface area contributed by atoms with Crippen LogP contribution in [0.5, 0.6) is 5.75 Å². The Bertz CT molecular complexity index is 1210. The second-order valence-corrected chi connectivity index (χ2v) is 6.81. The number of aryl methyl sites for hydroxylation is 2. The van der Waals surface area contributed by atoms with Crippen LogP contribution in [0.3, 0.4) is 0 Å². The number of aromatic carboxylic acids is 1. The van der Waals surface area contributed by atoms with E-state index in [0.717, 1.165) is 51.7 Å². The van der Waals surface area contributed by atoms with Gasteiger partial charge in [-0.05, 0) is 53.8 Å². The lowest BCUT2D eigenvalue weighted by Crippen LogP contribution is -2.06. The normalized spacial score (nSPS) is 12.6. The molecule has 0 bridgehead atoms. The van der Waals surface area contributed by atoms with Gasteiger partial charge in [-0.25, -0.2) is 4.79 Å². The molecule has 27 heavy (non-hydrogen) atoms. The van der Waals surface area contributed by atoms with E-state index < -0.39 is 5.97 Å². The molecular weight excluding hydrogens is 340 g/mol. The first-order valence-electron chi connectivity index (χ1n) is 8.76. The van der Waals surface area contributed by atoms with E-state index in [1.807, 2.05) is 18.3 Å². The van der Waals surface area contributed by atoms with Crippen LogP contribution >= 0.6 is 0 Å². The van der Waals surface area contributed by atoms with Gasteiger partial charge in [0, 0.05) is 34.4 Å². The second-order valence-electron chi connectivity index (χ2n) is 6.81. The molecule has 1 aliphatic carbocycles. The molecule has 0 saturated carbocycles. The van der Waals surface area contributed by atoms with Crippen LogP contribution in [0.2, 0.25) is 0 Å². The summed E-state index contributed by atoms with van der Waals surface area (Å²) in [6, 6.07) is 13.4. The van der Waals surface area contributed by atoms with Crippen LogP contribution < -0.4 is 0 Å². The van der Waals surface area contributed by atoms with Gasteiger partial charge < -0.3 is 15.2 Å². The average Bonchev–Trinajstić information content (AvgIpc) is 3.06. The summed E-state index contributed by atoms with van der Waals surface area (Å²) in [5.74, 6) is -1.32. The Morgan fingerprint density at radius 2 is 1.96 bits per heavy atom. The fourth-order valence-corrected chi connectivity index (χ4v) is 3.96. The molecule has 0 saturated heterocycles. The summed E-state index contributed by atoms with van der Waals surface area (Å²) in [5, 5.41) is 20.5. The minimum atomic E-state index is -1.11. The largest absolute Gasteiger partial charge is 0.507 e. The Labute approximate surface area is 154 Å². The first kappa shape index (κ1) is 15.6. The highest BCUT2D eigenvalue weighted by Gasteiger charge is 2.24. The van der Waals surface area contributed by atoms with E-state index in [9.17, 15) is 15.0 Å². The van der Waals surface area contributed by atoms with Crippen molar-refractivity contribution in [3.05, 3.63) is 71.5 Å². The Hall–Kier alpha value is -3.60. The van der Waals surface area contributed by atoms with E-state index in [0.29, 0.717) is 0 Å². The van der Waals surface area contributed by atoms with Gasteiger partial charge in [0.15, 0.2) is 0 Å². The number of carbonyl (C=O) groups is 1. The lowest BCUT2D eigenvalue weighted by Gasteiger charge is -2.18. The Balaban J connectivity index is 1.69. The van der Waals surface area contributed by atoms with Gasteiger partial charge in [0.2, 0.25) is 0 Å². The zero-order valence-electron chi connectivity index (χ0n) is 14.4. The molecule has 0 radical (unpaired) electrons. The molecule has 2 aromatic carbocycles. The molecule has 0 fully saturated rings. The highest BCUT2D eigenvalue weighted by molar-refractivity contribution is 5.97. The number of H-pyrrole nitrogens is 1. The van der Waals surface area contributed by atoms with E-state index >= 15 is 0 Å². The number of benzene rings is 2. The number of aromatic amines is 1. The molecule has 0 atom stereocenters. The number of aromatic hydroxyl groups is 1. The Morgan fingerprint density at radius 1 is 1.07 bits per heavy atom. The highest BCUT2D eigenvalue weighted by Crippen LogP contribution is 2.40. The highest BCUT2D eigenvalue weighted by atomic mass is 16.4. The Kier molecular flexibility index (Phi) is 3.31. The molecule has 2 aromatic heterocycles. The van der Waals surface area contributed by atoms with Crippen molar-refractivity contribution in [3.63, 3.8) is 0 Å². The molecule has 0 unspecified atom stereocenters. The molecular formula is C22H16N2O3. The standard InChI is InChI=1S/C22H16N2O3/c25-20-10-17-13(8-18(20)22(26)27)4-6-16-15-5-3-12(9-19(15)24-21(16)17)14-2-1-7-23-11-14/h1-3,5,7-11,24-25H,4,6H2,(H,26,27). The molecule has 132 valence electrons. The maximum atomic E-state index is 11.3. The van der Waals surface area contributed by atoms with E-state index in [1.54, 1.807) is 18.3 Å². The summed E-state index contributed by atoms with van der Waals surface area (Å²) in [6.07, 6.45) is 5.17. The summed E-state index contributed by atoms with van der Waals surface area (Å²) < 4.78 is 0. The molecule has 5 nitrogen and oxygen atoms in total. The molecule has 5 rings (SSSR count). The number of nitrogens with one attached hydrogen (secondary N) is 1. The van der Waals surface area contributed by atoms with Gasteiger partial charge >= 0.3 is 5.97 Å². The number of hydrogen-bond acceptors (Lipinski definition) is 3. The molecule has 0 aliphatic heterocycles. The first-order chi connectivity index (χ1) is 13.1. The third-order valence-electron chi connectivity index (χ3n) is 5.27. The van der Waals surface area contributed by atoms with Gasteiger partial charge in [0.1, 0.15) is 11.3 Å². The van der Waals surface area contributed by atoms with Crippen molar-refractivity contribution in [1.29, 1.82) is 0 Å². The topological polar surface area (TPSA) is 86.2 Å². The monoisotopic (exact) mass is 356 g/mol. The van der Waals surface area contributed by atoms with E-state index in [4.69, 9.17) is 0 Å². The average molecular weight is 356 g/mol. The van der Waals surface area contributed by atoms with Crippen molar-refractivity contribution in [1.82, 2.24) is 9.97 Å². The minimum Gasteiger partial charge on any atom is -0.507 e. The maximum absolute atomic E-state index is 11.3. The van der Waals surface area contributed by atoms with Crippen LogP contribution in [0.15, 0.2) is 54.9 Å². The number of pyridine rings is 1. The number of aromatic nitrogens is 2. The van der Waals surface area contributed by atoms with Gasteiger partial charge in [-0.2, -0.15) is 0 Å². The van der Waals surface area contributed by atoms with Crippen molar-refractivity contribution in [2.24, 2.45) is 0 Å². The maximum Gasteiger partial charge on any atom is 0.339 e. The predicted octanol–water partition coefficient (Wildman–Crippen LogP) is 4.40. The van der Waals surface area contributed by atoms with Crippen LogP contribution in [0.4, 0.5) is 0 Å². The van der Waals surface area contributed by atoms with Crippen LogP contribution in [0.1, 0.15) is 21.5 Å². The first-order valence-corrected chi connectivity index (χ1v) is 8.76. The third-order valence-corrected chi connectivity index (χ3v) is 5.27. The van der Waals surface area contributed by atoms with Crippen molar-refractivity contribution >= 4 is 16.9 Å². The zero-order chi connectivity index (χ0) is 18.5. The molecule has 5 heteroatoms. The van der Waals surface area contributed by atoms with Gasteiger partial charge in [-0.1, -0.05) is 18.2 Å². The molecule has 4 aromatic rings. The van der Waals surface area contributed by atoms with Gasteiger partial charge in [0.25, 0.3) is 0 Å². The summed E-state index contributed by atoms with van der Waals surface area (Å²) in [6.45, 7) is 0. The van der Waals surface area contributed by atoms with Crippen molar-refractivity contribution in [2.75, 3.05) is 0 Å². The zero-order valence-corrected chi connectivity index (χ0v) is 14.4. The summed E-state index contributed by atoms with van der Waals surface area (Å²) in [4.78, 5) is 19.0. The number of carboxylic acids is 1. The van der Waals surface area contributed by atoms with Crippen LogP contribution in [-0.2, 0) is 12.8 Å². The molecule has 0 amide bonds. The minimum absolute atomic E-state index is 0.0489. The van der Waals surface area contributed by atoms with E-state index in [1.165, 1.54) is 5.56 Å². The summed E-state index contributed by atoms with van der Waals surface area (Å²) >= 11 is 0. The number of fused-ring (bicyclic) bond motifs is 5. The second kappa shape index (κ2) is 5.71. The number of carboxylic acid groups (broad SMARTS) is 1. The van der Waals surface area contributed by atoms with Crippen molar-refractivity contribution in [2.45, 2.75) is 12.8 Å². The fourth-order valence-electron chi connectivity index (χ4n) is 3.96. The summed E-state index contributed by atoms with van der Waals surface area (Å²) in [7, 11) is 0. The van der Waals surface area contributed by atoms with Gasteiger partial charge in [-0.15, -0.1) is 0 Å². The van der Waals surface area contributed by atoms with Gasteiger partial charge in [0.05, 0.1) is 5.69 Å². The Morgan fingerprint density at radius 3 is 2.74 bits per heavy atom. The summed E-state index contributed by atoms with van der Waals surface area (Å²) in [5.41, 5.74) is 7.09. The van der Waals surface area contributed by atoms with Crippen LogP contribution in [0.25, 0.3) is 33.3 Å².